The van der Waals surface area contributed by atoms with Crippen LogP contribution in [0.4, 0.5) is 5.69 Å². The Morgan fingerprint density at radius 3 is 2.64 bits per heavy atom. The average molecular weight is 194 g/mol. The molecular formula is C11H18N2O. The molecule has 0 aliphatic rings. The number of pyridine rings is 1. The van der Waals surface area contributed by atoms with Crippen molar-refractivity contribution < 1.29 is 4.74 Å². The molecule has 0 fully saturated rings. The Bertz CT molecular complexity index is 286. The summed E-state index contributed by atoms with van der Waals surface area (Å²) in [7, 11) is 1.67. The maximum Gasteiger partial charge on any atom is 0.145 e. The van der Waals surface area contributed by atoms with Gasteiger partial charge in [0.05, 0.1) is 19.0 Å². The highest BCUT2D eigenvalue weighted by Gasteiger charge is 2.09. The van der Waals surface area contributed by atoms with Gasteiger partial charge in [-0.2, -0.15) is 0 Å². The zero-order chi connectivity index (χ0) is 10.6. The Morgan fingerprint density at radius 1 is 1.36 bits per heavy atom. The third-order valence-corrected chi connectivity index (χ3v) is 2.38. The van der Waals surface area contributed by atoms with Crippen molar-refractivity contribution >= 4 is 5.69 Å². The first-order chi connectivity index (χ1) is 6.65. The predicted molar refractivity (Wildman–Crippen MR) is 58.7 cm³/mol. The van der Waals surface area contributed by atoms with Crippen molar-refractivity contribution in [2.24, 2.45) is 5.92 Å². The van der Waals surface area contributed by atoms with Crippen molar-refractivity contribution in [3.8, 4) is 5.75 Å². The molecule has 1 atom stereocenters. The largest absolute Gasteiger partial charge is 0.494 e. The lowest BCUT2D eigenvalue weighted by Gasteiger charge is -2.19. The van der Waals surface area contributed by atoms with Crippen LogP contribution in [0.15, 0.2) is 18.5 Å². The van der Waals surface area contributed by atoms with Crippen molar-refractivity contribution in [3.05, 3.63) is 18.5 Å². The Kier molecular flexibility index (Phi) is 3.74. The van der Waals surface area contributed by atoms with Gasteiger partial charge in [0.25, 0.3) is 0 Å². The van der Waals surface area contributed by atoms with Crippen molar-refractivity contribution in [2.75, 3.05) is 12.4 Å². The normalized spacial score (nSPS) is 12.6. The van der Waals surface area contributed by atoms with Gasteiger partial charge in [-0.05, 0) is 12.8 Å². The number of rotatable bonds is 4. The van der Waals surface area contributed by atoms with Crippen LogP contribution in [0.25, 0.3) is 0 Å². The Hall–Kier alpha value is -1.25. The van der Waals surface area contributed by atoms with E-state index in [1.807, 2.05) is 6.07 Å². The molecule has 1 heterocycles. The van der Waals surface area contributed by atoms with Crippen LogP contribution in [0, 0.1) is 5.92 Å². The van der Waals surface area contributed by atoms with E-state index in [1.54, 1.807) is 19.5 Å². The fourth-order valence-electron chi connectivity index (χ4n) is 1.08. The number of hydrogen-bond donors (Lipinski definition) is 1. The highest BCUT2D eigenvalue weighted by atomic mass is 16.5. The van der Waals surface area contributed by atoms with Crippen LogP contribution in [0.2, 0.25) is 0 Å². The minimum atomic E-state index is 0.410. The van der Waals surface area contributed by atoms with Crippen LogP contribution in [-0.2, 0) is 0 Å². The van der Waals surface area contributed by atoms with Crippen LogP contribution in [0.1, 0.15) is 20.8 Å². The highest BCUT2D eigenvalue weighted by Crippen LogP contribution is 2.23. The van der Waals surface area contributed by atoms with Crippen molar-refractivity contribution in [2.45, 2.75) is 26.8 Å². The van der Waals surface area contributed by atoms with Crippen LogP contribution < -0.4 is 10.1 Å². The van der Waals surface area contributed by atoms with E-state index in [4.69, 9.17) is 4.74 Å². The minimum Gasteiger partial charge on any atom is -0.494 e. The number of nitrogens with one attached hydrogen (secondary N) is 1. The second-order valence-electron chi connectivity index (χ2n) is 3.75. The first kappa shape index (κ1) is 10.8. The molecule has 0 saturated heterocycles. The number of ether oxygens (including phenoxy) is 1. The standard InChI is InChI=1S/C11H18N2O/c1-8(2)9(3)13-10-7-12-6-5-11(10)14-4/h5-9,13H,1-4H3. The number of aromatic nitrogens is 1. The topological polar surface area (TPSA) is 34.1 Å². The number of hydrogen-bond acceptors (Lipinski definition) is 3. The molecule has 0 aliphatic heterocycles. The molecule has 0 radical (unpaired) electrons. The summed E-state index contributed by atoms with van der Waals surface area (Å²) in [5.41, 5.74) is 0.955. The molecule has 1 unspecified atom stereocenters. The van der Waals surface area contributed by atoms with Crippen molar-refractivity contribution in [3.63, 3.8) is 0 Å². The third kappa shape index (κ3) is 2.62. The summed E-state index contributed by atoms with van der Waals surface area (Å²) in [5.74, 6) is 1.42. The summed E-state index contributed by atoms with van der Waals surface area (Å²) in [6.45, 7) is 6.51. The number of nitrogens with zero attached hydrogens (tertiary/aromatic N) is 1. The minimum absolute atomic E-state index is 0.410. The van der Waals surface area contributed by atoms with E-state index in [9.17, 15) is 0 Å². The van der Waals surface area contributed by atoms with E-state index in [0.717, 1.165) is 11.4 Å². The molecule has 14 heavy (non-hydrogen) atoms. The van der Waals surface area contributed by atoms with Crippen LogP contribution in [-0.4, -0.2) is 18.1 Å². The summed E-state index contributed by atoms with van der Waals surface area (Å²) in [5, 5.41) is 3.37. The molecule has 1 N–H and O–H groups in total. The van der Waals surface area contributed by atoms with Gasteiger partial charge in [-0.3, -0.25) is 4.98 Å². The zero-order valence-electron chi connectivity index (χ0n) is 9.24. The van der Waals surface area contributed by atoms with Crippen molar-refractivity contribution in [1.82, 2.24) is 4.98 Å². The molecule has 0 aliphatic carbocycles. The van der Waals surface area contributed by atoms with E-state index < -0.39 is 0 Å². The summed E-state index contributed by atoms with van der Waals surface area (Å²) in [4.78, 5) is 4.06. The van der Waals surface area contributed by atoms with Crippen LogP contribution in [0.3, 0.4) is 0 Å². The SMILES string of the molecule is COc1ccncc1NC(C)C(C)C. The smallest absolute Gasteiger partial charge is 0.145 e. The molecule has 1 aromatic heterocycles. The molecule has 0 saturated carbocycles. The second kappa shape index (κ2) is 4.84. The van der Waals surface area contributed by atoms with Gasteiger partial charge in [0.2, 0.25) is 0 Å². The van der Waals surface area contributed by atoms with E-state index in [1.165, 1.54) is 0 Å². The van der Waals surface area contributed by atoms with E-state index >= 15 is 0 Å². The maximum absolute atomic E-state index is 5.22. The van der Waals surface area contributed by atoms with Gasteiger partial charge in [0, 0.05) is 18.3 Å². The molecule has 3 nitrogen and oxygen atoms in total. The highest BCUT2D eigenvalue weighted by molar-refractivity contribution is 5.54. The monoisotopic (exact) mass is 194 g/mol. The van der Waals surface area contributed by atoms with Gasteiger partial charge in [0.1, 0.15) is 5.75 Å². The molecule has 3 heteroatoms. The lowest BCUT2D eigenvalue weighted by Crippen LogP contribution is -2.21. The number of methoxy groups -OCH3 is 1. The van der Waals surface area contributed by atoms with E-state index in [0.29, 0.717) is 12.0 Å². The first-order valence-corrected chi connectivity index (χ1v) is 4.89. The van der Waals surface area contributed by atoms with Gasteiger partial charge in [-0.25, -0.2) is 0 Å². The zero-order valence-corrected chi connectivity index (χ0v) is 9.24. The molecule has 0 spiro atoms. The van der Waals surface area contributed by atoms with E-state index in [2.05, 4.69) is 31.1 Å². The Labute approximate surface area is 85.5 Å². The van der Waals surface area contributed by atoms with Crippen LogP contribution >= 0.6 is 0 Å². The summed E-state index contributed by atoms with van der Waals surface area (Å²) in [6.07, 6.45) is 3.52. The Morgan fingerprint density at radius 2 is 2.07 bits per heavy atom. The fourth-order valence-corrected chi connectivity index (χ4v) is 1.08. The average Bonchev–Trinajstić information content (AvgIpc) is 2.18. The lowest BCUT2D eigenvalue weighted by atomic mass is 10.1. The summed E-state index contributed by atoms with van der Waals surface area (Å²) in [6, 6.07) is 2.27. The molecular weight excluding hydrogens is 176 g/mol. The summed E-state index contributed by atoms with van der Waals surface area (Å²) < 4.78 is 5.22. The third-order valence-electron chi connectivity index (χ3n) is 2.38. The first-order valence-electron chi connectivity index (χ1n) is 4.89. The molecule has 0 aromatic carbocycles. The molecule has 78 valence electrons. The van der Waals surface area contributed by atoms with Crippen LogP contribution in [0.5, 0.6) is 5.75 Å². The van der Waals surface area contributed by atoms with Gasteiger partial charge >= 0.3 is 0 Å². The van der Waals surface area contributed by atoms with E-state index in [-0.39, 0.29) is 0 Å². The number of anilines is 1. The Balaban J connectivity index is 2.75. The van der Waals surface area contributed by atoms with Gasteiger partial charge in [-0.15, -0.1) is 0 Å². The fraction of sp³-hybridized carbons (Fsp3) is 0.545. The molecule has 1 rings (SSSR count). The maximum atomic E-state index is 5.22. The van der Waals surface area contributed by atoms with Gasteiger partial charge in [0.15, 0.2) is 0 Å². The lowest BCUT2D eigenvalue weighted by molar-refractivity contribution is 0.414. The van der Waals surface area contributed by atoms with Gasteiger partial charge in [-0.1, -0.05) is 13.8 Å². The predicted octanol–water partition coefficient (Wildman–Crippen LogP) is 2.55. The quantitative estimate of drug-likeness (QED) is 0.799. The second-order valence-corrected chi connectivity index (χ2v) is 3.75. The summed E-state index contributed by atoms with van der Waals surface area (Å²) >= 11 is 0. The van der Waals surface area contributed by atoms with Crippen molar-refractivity contribution in [1.29, 1.82) is 0 Å². The molecule has 1 aromatic rings. The molecule has 0 amide bonds. The molecule has 0 bridgehead atoms. The van der Waals surface area contributed by atoms with Gasteiger partial charge < -0.3 is 10.1 Å².